The van der Waals surface area contributed by atoms with Gasteiger partial charge in [-0.15, -0.1) is 0 Å². The molecule has 13 heavy (non-hydrogen) atoms. The Morgan fingerprint density at radius 1 is 1.31 bits per heavy atom. The molecule has 0 aliphatic carbocycles. The first-order valence-corrected chi connectivity index (χ1v) is 4.96. The SMILES string of the molecule is NCCCCNCCc1cc[nH]c1. The monoisotopic (exact) mass is 181 g/mol. The molecule has 1 rings (SSSR count). The van der Waals surface area contributed by atoms with E-state index in [2.05, 4.69) is 16.4 Å². The second kappa shape index (κ2) is 6.69. The first-order valence-electron chi connectivity index (χ1n) is 4.96. The molecular formula is C10H19N3. The maximum absolute atomic E-state index is 5.39. The molecule has 0 saturated heterocycles. The van der Waals surface area contributed by atoms with E-state index in [4.69, 9.17) is 5.73 Å². The highest BCUT2D eigenvalue weighted by Gasteiger charge is 1.91. The van der Waals surface area contributed by atoms with E-state index in [1.165, 1.54) is 12.0 Å². The molecule has 74 valence electrons. The lowest BCUT2D eigenvalue weighted by atomic mass is 10.2. The van der Waals surface area contributed by atoms with E-state index in [1.807, 2.05) is 12.4 Å². The Balaban J connectivity index is 1.90. The van der Waals surface area contributed by atoms with Gasteiger partial charge in [-0.1, -0.05) is 0 Å². The van der Waals surface area contributed by atoms with Crippen molar-refractivity contribution in [1.29, 1.82) is 0 Å². The van der Waals surface area contributed by atoms with E-state index in [-0.39, 0.29) is 0 Å². The van der Waals surface area contributed by atoms with E-state index < -0.39 is 0 Å². The lowest BCUT2D eigenvalue weighted by Crippen LogP contribution is -2.19. The van der Waals surface area contributed by atoms with Gasteiger partial charge in [-0.3, -0.25) is 0 Å². The topological polar surface area (TPSA) is 53.8 Å². The van der Waals surface area contributed by atoms with Crippen LogP contribution in [-0.2, 0) is 6.42 Å². The Morgan fingerprint density at radius 3 is 2.92 bits per heavy atom. The highest BCUT2D eigenvalue weighted by molar-refractivity contribution is 5.08. The van der Waals surface area contributed by atoms with Gasteiger partial charge in [-0.05, 0) is 50.5 Å². The molecule has 0 unspecified atom stereocenters. The number of nitrogens with two attached hydrogens (primary N) is 1. The fourth-order valence-corrected chi connectivity index (χ4v) is 1.27. The second-order valence-electron chi connectivity index (χ2n) is 3.22. The fraction of sp³-hybridized carbons (Fsp3) is 0.600. The Kier molecular flexibility index (Phi) is 5.29. The number of aromatic amines is 1. The minimum atomic E-state index is 0.805. The molecule has 0 bridgehead atoms. The lowest BCUT2D eigenvalue weighted by Gasteiger charge is -2.02. The van der Waals surface area contributed by atoms with E-state index in [9.17, 15) is 0 Å². The summed E-state index contributed by atoms with van der Waals surface area (Å²) in [4.78, 5) is 3.05. The van der Waals surface area contributed by atoms with Gasteiger partial charge in [-0.25, -0.2) is 0 Å². The molecule has 1 aromatic rings. The van der Waals surface area contributed by atoms with Gasteiger partial charge in [0.25, 0.3) is 0 Å². The molecule has 0 amide bonds. The molecule has 1 aromatic heterocycles. The average Bonchev–Trinajstić information content (AvgIpc) is 2.63. The van der Waals surface area contributed by atoms with Gasteiger partial charge in [0, 0.05) is 12.4 Å². The van der Waals surface area contributed by atoms with Crippen LogP contribution in [0.1, 0.15) is 18.4 Å². The second-order valence-corrected chi connectivity index (χ2v) is 3.22. The van der Waals surface area contributed by atoms with Gasteiger partial charge in [0.1, 0.15) is 0 Å². The summed E-state index contributed by atoms with van der Waals surface area (Å²) in [5.74, 6) is 0. The van der Waals surface area contributed by atoms with Gasteiger partial charge >= 0.3 is 0 Å². The van der Waals surface area contributed by atoms with Crippen LogP contribution in [0.15, 0.2) is 18.5 Å². The highest BCUT2D eigenvalue weighted by Crippen LogP contribution is 1.95. The van der Waals surface area contributed by atoms with Crippen molar-refractivity contribution >= 4 is 0 Å². The lowest BCUT2D eigenvalue weighted by molar-refractivity contribution is 0.627. The molecule has 4 N–H and O–H groups in total. The number of unbranched alkanes of at least 4 members (excludes halogenated alkanes) is 1. The molecule has 3 nitrogen and oxygen atoms in total. The quantitative estimate of drug-likeness (QED) is 0.547. The summed E-state index contributed by atoms with van der Waals surface area (Å²) in [6.07, 6.45) is 7.41. The molecule has 0 aromatic carbocycles. The normalized spacial score (nSPS) is 10.5. The van der Waals surface area contributed by atoms with Crippen molar-refractivity contribution in [2.24, 2.45) is 5.73 Å². The number of nitrogens with one attached hydrogen (secondary N) is 2. The average molecular weight is 181 g/mol. The summed E-state index contributed by atoms with van der Waals surface area (Å²) in [6, 6.07) is 2.11. The zero-order chi connectivity index (χ0) is 9.36. The van der Waals surface area contributed by atoms with E-state index in [0.717, 1.165) is 32.5 Å². The summed E-state index contributed by atoms with van der Waals surface area (Å²) in [6.45, 7) is 2.95. The van der Waals surface area contributed by atoms with Gasteiger partial charge in [0.05, 0.1) is 0 Å². The zero-order valence-corrected chi connectivity index (χ0v) is 8.05. The molecule has 0 aliphatic rings. The largest absolute Gasteiger partial charge is 0.367 e. The first kappa shape index (κ1) is 10.3. The van der Waals surface area contributed by atoms with Crippen LogP contribution in [0.5, 0.6) is 0 Å². The van der Waals surface area contributed by atoms with Crippen molar-refractivity contribution in [1.82, 2.24) is 10.3 Å². The van der Waals surface area contributed by atoms with Crippen molar-refractivity contribution in [3.05, 3.63) is 24.0 Å². The molecule has 0 saturated carbocycles. The van der Waals surface area contributed by atoms with Crippen LogP contribution in [0.3, 0.4) is 0 Å². The Bertz CT molecular complexity index is 194. The van der Waals surface area contributed by atoms with Crippen molar-refractivity contribution in [3.8, 4) is 0 Å². The molecule has 0 radical (unpaired) electrons. The summed E-state index contributed by atoms with van der Waals surface area (Å²) in [7, 11) is 0. The summed E-state index contributed by atoms with van der Waals surface area (Å²) in [5.41, 5.74) is 6.76. The van der Waals surface area contributed by atoms with Crippen LogP contribution in [0, 0.1) is 0 Å². The number of rotatable bonds is 7. The summed E-state index contributed by atoms with van der Waals surface area (Å²) in [5, 5.41) is 3.39. The van der Waals surface area contributed by atoms with Gasteiger partial charge < -0.3 is 16.0 Å². The molecule has 0 fully saturated rings. The van der Waals surface area contributed by atoms with Crippen LogP contribution in [-0.4, -0.2) is 24.6 Å². The molecule has 0 atom stereocenters. The van der Waals surface area contributed by atoms with E-state index in [1.54, 1.807) is 0 Å². The third-order valence-corrected chi connectivity index (χ3v) is 2.06. The van der Waals surface area contributed by atoms with Crippen LogP contribution in [0.25, 0.3) is 0 Å². The Labute approximate surface area is 79.7 Å². The van der Waals surface area contributed by atoms with Gasteiger partial charge in [-0.2, -0.15) is 0 Å². The highest BCUT2D eigenvalue weighted by atomic mass is 14.8. The van der Waals surface area contributed by atoms with Crippen molar-refractivity contribution in [3.63, 3.8) is 0 Å². The third kappa shape index (κ3) is 4.70. The Hall–Kier alpha value is -0.800. The maximum Gasteiger partial charge on any atom is 0.00378 e. The van der Waals surface area contributed by atoms with Gasteiger partial charge in [0.15, 0.2) is 0 Å². The molecule has 1 heterocycles. The fourth-order valence-electron chi connectivity index (χ4n) is 1.27. The number of hydrogen-bond acceptors (Lipinski definition) is 2. The van der Waals surface area contributed by atoms with Crippen LogP contribution in [0.4, 0.5) is 0 Å². The Morgan fingerprint density at radius 2 is 2.23 bits per heavy atom. The molecule has 0 spiro atoms. The number of aromatic nitrogens is 1. The third-order valence-electron chi connectivity index (χ3n) is 2.06. The molecular weight excluding hydrogens is 162 g/mol. The smallest absolute Gasteiger partial charge is 0.00378 e. The van der Waals surface area contributed by atoms with Crippen molar-refractivity contribution in [2.75, 3.05) is 19.6 Å². The molecule has 3 heteroatoms. The standard InChI is InChI=1S/C10H19N3/c11-5-1-2-6-12-7-3-10-4-8-13-9-10/h4,8-9,12-13H,1-3,5-7,11H2. The summed E-state index contributed by atoms with van der Waals surface area (Å²) >= 11 is 0. The minimum Gasteiger partial charge on any atom is -0.367 e. The van der Waals surface area contributed by atoms with Crippen LogP contribution < -0.4 is 11.1 Å². The first-order chi connectivity index (χ1) is 6.43. The predicted octanol–water partition coefficient (Wildman–Crippen LogP) is 0.886. The predicted molar refractivity (Wildman–Crippen MR) is 55.7 cm³/mol. The van der Waals surface area contributed by atoms with Crippen LogP contribution in [0.2, 0.25) is 0 Å². The summed E-state index contributed by atoms with van der Waals surface area (Å²) < 4.78 is 0. The maximum atomic E-state index is 5.39. The minimum absolute atomic E-state index is 0.805. The van der Waals surface area contributed by atoms with Gasteiger partial charge in [0.2, 0.25) is 0 Å². The van der Waals surface area contributed by atoms with E-state index in [0.29, 0.717) is 0 Å². The molecule has 0 aliphatic heterocycles. The van der Waals surface area contributed by atoms with E-state index >= 15 is 0 Å². The zero-order valence-electron chi connectivity index (χ0n) is 8.05. The van der Waals surface area contributed by atoms with Crippen LogP contribution >= 0.6 is 0 Å². The number of hydrogen-bond donors (Lipinski definition) is 3. The number of H-pyrrole nitrogens is 1. The van der Waals surface area contributed by atoms with Crippen molar-refractivity contribution < 1.29 is 0 Å². The van der Waals surface area contributed by atoms with Crippen molar-refractivity contribution in [2.45, 2.75) is 19.3 Å².